The van der Waals surface area contributed by atoms with Crippen LogP contribution in [0.15, 0.2) is 41.3 Å². The highest BCUT2D eigenvalue weighted by molar-refractivity contribution is 7.84. The van der Waals surface area contributed by atoms with Crippen molar-refractivity contribution in [3.63, 3.8) is 0 Å². The van der Waals surface area contributed by atoms with Gasteiger partial charge < -0.3 is 5.73 Å². The quantitative estimate of drug-likeness (QED) is 0.751. The van der Waals surface area contributed by atoms with Crippen molar-refractivity contribution in [1.29, 1.82) is 0 Å². The van der Waals surface area contributed by atoms with Crippen LogP contribution in [-0.2, 0) is 16.6 Å². The number of benzene rings is 2. The average Bonchev–Trinajstić information content (AvgIpc) is 2.79. The number of nitrogens with two attached hydrogens (primary N) is 1. The normalized spacial score (nSPS) is 12.7. The number of para-hydroxylation sites is 1. The molecule has 0 amide bonds. The van der Waals surface area contributed by atoms with Gasteiger partial charge >= 0.3 is 0 Å². The fourth-order valence-corrected chi connectivity index (χ4v) is 4.27. The lowest BCUT2D eigenvalue weighted by atomic mass is 10.3. The van der Waals surface area contributed by atoms with Crippen LogP contribution in [0.5, 0.6) is 0 Å². The van der Waals surface area contributed by atoms with Gasteiger partial charge in [0.25, 0.3) is 0 Å². The lowest BCUT2D eigenvalue weighted by molar-refractivity contribution is 0.535. The molecule has 0 aliphatic rings. The van der Waals surface area contributed by atoms with E-state index in [1.54, 1.807) is 0 Å². The maximum atomic E-state index is 13.7. The van der Waals surface area contributed by atoms with E-state index >= 15 is 0 Å². The van der Waals surface area contributed by atoms with Gasteiger partial charge in [-0.1, -0.05) is 12.1 Å². The zero-order valence-electron chi connectivity index (χ0n) is 10.7. The monoisotopic (exact) mass is 324 g/mol. The van der Waals surface area contributed by atoms with Gasteiger partial charge in [-0.15, -0.1) is 11.3 Å². The molecule has 21 heavy (non-hydrogen) atoms. The summed E-state index contributed by atoms with van der Waals surface area (Å²) in [5.41, 5.74) is 6.09. The van der Waals surface area contributed by atoms with Crippen molar-refractivity contribution in [1.82, 2.24) is 4.98 Å². The minimum Gasteiger partial charge on any atom is -0.399 e. The highest BCUT2D eigenvalue weighted by Gasteiger charge is 2.18. The number of halogens is 2. The van der Waals surface area contributed by atoms with Gasteiger partial charge in [0.05, 0.1) is 26.8 Å². The van der Waals surface area contributed by atoms with Crippen LogP contribution in [-0.4, -0.2) is 9.19 Å². The van der Waals surface area contributed by atoms with Gasteiger partial charge in [-0.05, 0) is 24.3 Å². The molecule has 0 aliphatic carbocycles. The van der Waals surface area contributed by atoms with E-state index in [1.807, 2.05) is 24.3 Å². The van der Waals surface area contributed by atoms with Gasteiger partial charge in [0.1, 0.15) is 21.5 Å². The molecule has 0 spiro atoms. The molecule has 1 heterocycles. The van der Waals surface area contributed by atoms with Crippen LogP contribution in [0, 0.1) is 11.6 Å². The van der Waals surface area contributed by atoms with Crippen molar-refractivity contribution in [2.45, 2.75) is 10.6 Å². The molecule has 7 heteroatoms. The van der Waals surface area contributed by atoms with Crippen molar-refractivity contribution in [3.05, 3.63) is 53.0 Å². The third-order valence-electron chi connectivity index (χ3n) is 2.84. The first kappa shape index (κ1) is 14.1. The molecule has 0 saturated carbocycles. The Morgan fingerprint density at radius 1 is 1.19 bits per heavy atom. The maximum Gasteiger partial charge on any atom is 0.144 e. The predicted octanol–water partition coefficient (Wildman–Crippen LogP) is 3.46. The number of aromatic nitrogens is 1. The summed E-state index contributed by atoms with van der Waals surface area (Å²) in [5.74, 6) is -1.82. The number of fused-ring (bicyclic) bond motifs is 1. The summed E-state index contributed by atoms with van der Waals surface area (Å²) in [7, 11) is -1.85. The molecule has 0 fully saturated rings. The van der Waals surface area contributed by atoms with Gasteiger partial charge in [-0.25, -0.2) is 13.8 Å². The molecule has 108 valence electrons. The van der Waals surface area contributed by atoms with Gasteiger partial charge in [-0.2, -0.15) is 0 Å². The summed E-state index contributed by atoms with van der Waals surface area (Å²) < 4.78 is 40.6. The summed E-state index contributed by atoms with van der Waals surface area (Å²) in [5, 5.41) is 0.574. The fourth-order valence-electron chi connectivity index (χ4n) is 1.96. The van der Waals surface area contributed by atoms with Crippen LogP contribution in [0.1, 0.15) is 5.01 Å². The predicted molar refractivity (Wildman–Crippen MR) is 80.5 cm³/mol. The average molecular weight is 324 g/mol. The lowest BCUT2D eigenvalue weighted by Crippen LogP contribution is -2.04. The van der Waals surface area contributed by atoms with Gasteiger partial charge in [0.15, 0.2) is 0 Å². The highest BCUT2D eigenvalue weighted by atomic mass is 32.2. The van der Waals surface area contributed by atoms with E-state index in [2.05, 4.69) is 4.98 Å². The van der Waals surface area contributed by atoms with Crippen molar-refractivity contribution in [2.24, 2.45) is 0 Å². The number of nitrogens with zero attached hydrogens (tertiary/aromatic N) is 1. The molecule has 2 N–H and O–H groups in total. The van der Waals surface area contributed by atoms with E-state index in [4.69, 9.17) is 5.73 Å². The summed E-state index contributed by atoms with van der Waals surface area (Å²) in [6.45, 7) is 0. The molecule has 3 rings (SSSR count). The molecular weight excluding hydrogens is 314 g/mol. The van der Waals surface area contributed by atoms with E-state index in [0.29, 0.717) is 5.01 Å². The van der Waals surface area contributed by atoms with Crippen molar-refractivity contribution < 1.29 is 13.0 Å². The number of anilines is 1. The number of hydrogen-bond acceptors (Lipinski definition) is 4. The van der Waals surface area contributed by atoms with E-state index in [1.165, 1.54) is 11.3 Å². The Morgan fingerprint density at radius 3 is 2.52 bits per heavy atom. The minimum absolute atomic E-state index is 0.0307. The van der Waals surface area contributed by atoms with Crippen LogP contribution >= 0.6 is 11.3 Å². The molecular formula is C14H10F2N2OS2. The Kier molecular flexibility index (Phi) is 3.69. The molecule has 1 unspecified atom stereocenters. The molecule has 1 aromatic heterocycles. The molecule has 0 saturated heterocycles. The lowest BCUT2D eigenvalue weighted by Gasteiger charge is -2.05. The van der Waals surface area contributed by atoms with E-state index in [9.17, 15) is 13.0 Å². The first-order valence-electron chi connectivity index (χ1n) is 6.02. The third kappa shape index (κ3) is 2.79. The largest absolute Gasteiger partial charge is 0.399 e. The molecule has 0 bridgehead atoms. The molecule has 1 atom stereocenters. The summed E-state index contributed by atoms with van der Waals surface area (Å²) >= 11 is 1.36. The molecule has 2 aromatic carbocycles. The highest BCUT2D eigenvalue weighted by Crippen LogP contribution is 2.26. The Morgan fingerprint density at radius 2 is 1.86 bits per heavy atom. The van der Waals surface area contributed by atoms with Crippen LogP contribution in [0.3, 0.4) is 0 Å². The summed E-state index contributed by atoms with van der Waals surface area (Å²) in [6.07, 6.45) is 0. The number of nitrogen functional groups attached to an aromatic ring is 1. The maximum absolute atomic E-state index is 13.7. The third-order valence-corrected chi connectivity index (χ3v) is 5.44. The second kappa shape index (κ2) is 5.50. The molecule has 3 nitrogen and oxygen atoms in total. The number of rotatable bonds is 3. The Bertz CT molecular complexity index is 792. The van der Waals surface area contributed by atoms with Crippen molar-refractivity contribution in [2.75, 3.05) is 5.73 Å². The van der Waals surface area contributed by atoms with Crippen molar-refractivity contribution in [3.8, 4) is 0 Å². The second-order valence-corrected chi connectivity index (χ2v) is 6.88. The topological polar surface area (TPSA) is 56.0 Å². The zero-order chi connectivity index (χ0) is 15.0. The molecule has 3 aromatic rings. The SMILES string of the molecule is Nc1cc(F)c(S(=O)Cc2nc3ccccc3s2)c(F)c1. The van der Waals surface area contributed by atoms with Crippen LogP contribution in [0.4, 0.5) is 14.5 Å². The van der Waals surface area contributed by atoms with Crippen LogP contribution in [0.2, 0.25) is 0 Å². The number of thiazole rings is 1. The first-order valence-corrected chi connectivity index (χ1v) is 8.15. The van der Waals surface area contributed by atoms with Crippen LogP contribution < -0.4 is 5.73 Å². The second-order valence-electron chi connectivity index (χ2n) is 4.38. The van der Waals surface area contributed by atoms with E-state index in [-0.39, 0.29) is 11.4 Å². The first-order chi connectivity index (χ1) is 10.0. The smallest absolute Gasteiger partial charge is 0.144 e. The Labute approximate surface area is 125 Å². The van der Waals surface area contributed by atoms with Gasteiger partial charge in [-0.3, -0.25) is 4.21 Å². The molecule has 0 aliphatic heterocycles. The fraction of sp³-hybridized carbons (Fsp3) is 0.0714. The zero-order valence-corrected chi connectivity index (χ0v) is 12.3. The summed E-state index contributed by atoms with van der Waals surface area (Å²) in [4.78, 5) is 3.86. The van der Waals surface area contributed by atoms with Crippen LogP contribution in [0.25, 0.3) is 10.2 Å². The molecule has 0 radical (unpaired) electrons. The summed E-state index contributed by atoms with van der Waals surface area (Å²) in [6, 6.07) is 9.39. The minimum atomic E-state index is -1.85. The Hall–Kier alpha value is -1.86. The van der Waals surface area contributed by atoms with Gasteiger partial charge in [0, 0.05) is 5.69 Å². The van der Waals surface area contributed by atoms with Crippen molar-refractivity contribution >= 4 is 38.0 Å². The Balaban J connectivity index is 1.93. The number of hydrogen-bond donors (Lipinski definition) is 1. The van der Waals surface area contributed by atoms with E-state index < -0.39 is 27.3 Å². The standard InChI is InChI=1S/C14H10F2N2OS2/c15-9-5-8(17)6-10(16)14(9)21(19)7-13-18-11-3-1-2-4-12(11)20-13/h1-6H,7,17H2. The van der Waals surface area contributed by atoms with Gasteiger partial charge in [0.2, 0.25) is 0 Å². The van der Waals surface area contributed by atoms with E-state index in [0.717, 1.165) is 22.3 Å².